The Morgan fingerprint density at radius 1 is 0.944 bits per heavy atom. The molecule has 2 N–H and O–H groups in total. The molecule has 2 rings (SSSR count). The smallest absolute Gasteiger partial charge is 0.136 e. The molecule has 1 saturated heterocycles. The first-order valence-corrected chi connectivity index (χ1v) is 6.71. The van der Waals surface area contributed by atoms with E-state index in [9.17, 15) is 10.4 Å². The van der Waals surface area contributed by atoms with Crippen molar-refractivity contribution < 1.29 is 10.4 Å². The zero-order valence-corrected chi connectivity index (χ0v) is 12.6. The van der Waals surface area contributed by atoms with Gasteiger partial charge in [-0.3, -0.25) is 0 Å². The van der Waals surface area contributed by atoms with Crippen LogP contribution in [0.4, 0.5) is 0 Å². The van der Waals surface area contributed by atoms with E-state index >= 15 is 0 Å². The summed E-state index contributed by atoms with van der Waals surface area (Å²) in [5.74, 6) is 0. The van der Waals surface area contributed by atoms with Crippen molar-refractivity contribution in [2.45, 2.75) is 44.9 Å². The van der Waals surface area contributed by atoms with Crippen molar-refractivity contribution >= 4 is 15.9 Å². The number of nitrogens with zero attached hydrogens (tertiary/aromatic N) is 2. The van der Waals surface area contributed by atoms with Gasteiger partial charge in [0.15, 0.2) is 0 Å². The van der Waals surface area contributed by atoms with Gasteiger partial charge in [0, 0.05) is 4.47 Å². The highest BCUT2D eigenvalue weighted by Crippen LogP contribution is 2.47. The molecule has 0 atom stereocenters. The van der Waals surface area contributed by atoms with Gasteiger partial charge in [-0.15, -0.1) is 0 Å². The zero-order chi connectivity index (χ0) is 13.7. The third kappa shape index (κ3) is 1.82. The van der Waals surface area contributed by atoms with E-state index in [1.165, 1.54) is 10.1 Å². The van der Waals surface area contributed by atoms with Crippen LogP contribution in [0.15, 0.2) is 28.7 Å². The molecular formula is C13H19BrN2O2. The quantitative estimate of drug-likeness (QED) is 0.834. The Kier molecular flexibility index (Phi) is 3.32. The molecule has 4 nitrogen and oxygen atoms in total. The van der Waals surface area contributed by atoms with Crippen LogP contribution in [0.1, 0.15) is 39.4 Å². The van der Waals surface area contributed by atoms with Crippen LogP contribution >= 0.6 is 15.9 Å². The van der Waals surface area contributed by atoms with Gasteiger partial charge in [-0.25, -0.2) is 0 Å². The normalized spacial score (nSPS) is 24.6. The number of hydrogen-bond donors (Lipinski definition) is 2. The molecule has 1 aromatic rings. The Bertz CT molecular complexity index is 425. The molecular weight excluding hydrogens is 296 g/mol. The van der Waals surface area contributed by atoms with Crippen LogP contribution in [-0.4, -0.2) is 31.6 Å². The molecule has 0 aromatic heterocycles. The molecule has 100 valence electrons. The van der Waals surface area contributed by atoms with Gasteiger partial charge in [0.2, 0.25) is 0 Å². The SMILES string of the molecule is CC1(C)N(O)C(c2ccc(Br)cc2)N(O)C1(C)C. The minimum atomic E-state index is -0.556. The lowest BCUT2D eigenvalue weighted by Gasteiger charge is -2.37. The van der Waals surface area contributed by atoms with Gasteiger partial charge in [-0.05, 0) is 45.4 Å². The zero-order valence-electron chi connectivity index (χ0n) is 11.1. The van der Waals surface area contributed by atoms with E-state index in [1.807, 2.05) is 52.0 Å². The maximum atomic E-state index is 10.4. The number of hydroxylamine groups is 4. The summed E-state index contributed by atoms with van der Waals surface area (Å²) in [6.07, 6.45) is -0.553. The third-order valence-corrected chi connectivity index (χ3v) is 4.80. The minimum absolute atomic E-state index is 0.553. The Labute approximate surface area is 116 Å². The maximum Gasteiger partial charge on any atom is 0.136 e. The summed E-state index contributed by atoms with van der Waals surface area (Å²) in [4.78, 5) is 0. The van der Waals surface area contributed by atoms with Gasteiger partial charge in [-0.1, -0.05) is 28.1 Å². The highest BCUT2D eigenvalue weighted by atomic mass is 79.9. The molecule has 0 unspecified atom stereocenters. The third-order valence-electron chi connectivity index (χ3n) is 4.27. The summed E-state index contributed by atoms with van der Waals surface area (Å²) in [5, 5.41) is 23.2. The molecule has 5 heteroatoms. The van der Waals surface area contributed by atoms with Crippen molar-refractivity contribution in [2.75, 3.05) is 0 Å². The second-order valence-corrected chi connectivity index (χ2v) is 6.65. The summed E-state index contributed by atoms with van der Waals surface area (Å²) in [6.45, 7) is 7.65. The van der Waals surface area contributed by atoms with Gasteiger partial charge < -0.3 is 10.4 Å². The van der Waals surface area contributed by atoms with Crippen LogP contribution in [0.25, 0.3) is 0 Å². The number of benzene rings is 1. The summed E-state index contributed by atoms with van der Waals surface area (Å²) >= 11 is 3.38. The molecule has 1 fully saturated rings. The number of halogens is 1. The molecule has 1 aliphatic rings. The van der Waals surface area contributed by atoms with Crippen LogP contribution in [0.5, 0.6) is 0 Å². The van der Waals surface area contributed by atoms with E-state index in [2.05, 4.69) is 15.9 Å². The lowest BCUT2D eigenvalue weighted by Crippen LogP contribution is -2.52. The first kappa shape index (κ1) is 14.0. The highest BCUT2D eigenvalue weighted by molar-refractivity contribution is 9.10. The standard InChI is InChI=1S/C13H19BrN2O2/c1-12(2)13(3,4)16(18)11(15(12)17)9-5-7-10(14)8-6-9/h5-8,11,17-18H,1-4H3. The number of hydrogen-bond acceptors (Lipinski definition) is 4. The van der Waals surface area contributed by atoms with Crippen LogP contribution in [0, 0.1) is 0 Å². The van der Waals surface area contributed by atoms with Gasteiger partial charge in [-0.2, -0.15) is 10.1 Å². The molecule has 1 heterocycles. The van der Waals surface area contributed by atoms with Gasteiger partial charge in [0.05, 0.1) is 11.1 Å². The molecule has 1 aliphatic heterocycles. The molecule has 18 heavy (non-hydrogen) atoms. The Balaban J connectivity index is 2.44. The van der Waals surface area contributed by atoms with E-state index in [0.717, 1.165) is 10.0 Å². The number of rotatable bonds is 1. The van der Waals surface area contributed by atoms with E-state index in [0.29, 0.717) is 0 Å². The molecule has 0 spiro atoms. The van der Waals surface area contributed by atoms with Crippen molar-refractivity contribution in [1.29, 1.82) is 0 Å². The summed E-state index contributed by atoms with van der Waals surface area (Å²) < 4.78 is 0.969. The maximum absolute atomic E-state index is 10.4. The molecule has 0 bridgehead atoms. The fraction of sp³-hybridized carbons (Fsp3) is 0.538. The Morgan fingerprint density at radius 2 is 1.33 bits per heavy atom. The Hall–Kier alpha value is -0.460. The minimum Gasteiger partial charge on any atom is -0.311 e. The van der Waals surface area contributed by atoms with Gasteiger partial charge >= 0.3 is 0 Å². The molecule has 0 aliphatic carbocycles. The molecule has 0 radical (unpaired) electrons. The van der Waals surface area contributed by atoms with Crippen molar-refractivity contribution in [3.63, 3.8) is 0 Å². The van der Waals surface area contributed by atoms with Gasteiger partial charge in [0.25, 0.3) is 0 Å². The fourth-order valence-corrected chi connectivity index (χ4v) is 2.46. The topological polar surface area (TPSA) is 46.9 Å². The molecule has 0 amide bonds. The largest absolute Gasteiger partial charge is 0.311 e. The summed E-state index contributed by atoms with van der Waals surface area (Å²) in [7, 11) is 0. The van der Waals surface area contributed by atoms with E-state index in [-0.39, 0.29) is 0 Å². The first-order chi connectivity index (χ1) is 8.19. The Morgan fingerprint density at radius 3 is 1.72 bits per heavy atom. The second-order valence-electron chi connectivity index (χ2n) is 5.73. The highest BCUT2D eigenvalue weighted by Gasteiger charge is 2.58. The van der Waals surface area contributed by atoms with Crippen LogP contribution in [-0.2, 0) is 0 Å². The fourth-order valence-electron chi connectivity index (χ4n) is 2.19. The van der Waals surface area contributed by atoms with Crippen LogP contribution in [0.3, 0.4) is 0 Å². The molecule has 1 aromatic carbocycles. The van der Waals surface area contributed by atoms with E-state index < -0.39 is 17.2 Å². The average Bonchev–Trinajstić information content (AvgIpc) is 2.41. The second kappa shape index (κ2) is 4.28. The van der Waals surface area contributed by atoms with Crippen LogP contribution < -0.4 is 0 Å². The van der Waals surface area contributed by atoms with Crippen molar-refractivity contribution in [3.8, 4) is 0 Å². The van der Waals surface area contributed by atoms with Gasteiger partial charge in [0.1, 0.15) is 6.17 Å². The van der Waals surface area contributed by atoms with Crippen molar-refractivity contribution in [2.24, 2.45) is 0 Å². The van der Waals surface area contributed by atoms with Crippen LogP contribution in [0.2, 0.25) is 0 Å². The predicted molar refractivity (Wildman–Crippen MR) is 72.3 cm³/mol. The average molecular weight is 315 g/mol. The lowest BCUT2D eigenvalue weighted by atomic mass is 9.84. The summed E-state index contributed by atoms with van der Waals surface area (Å²) in [6, 6.07) is 7.57. The molecule has 0 saturated carbocycles. The first-order valence-electron chi connectivity index (χ1n) is 5.91. The monoisotopic (exact) mass is 314 g/mol. The van der Waals surface area contributed by atoms with E-state index in [4.69, 9.17) is 0 Å². The van der Waals surface area contributed by atoms with E-state index in [1.54, 1.807) is 0 Å². The lowest BCUT2D eigenvalue weighted by molar-refractivity contribution is -0.223. The van der Waals surface area contributed by atoms with Crippen molar-refractivity contribution in [1.82, 2.24) is 10.1 Å². The summed E-state index contributed by atoms with van der Waals surface area (Å²) in [5.41, 5.74) is -0.263. The predicted octanol–water partition coefficient (Wildman–Crippen LogP) is 3.40. The van der Waals surface area contributed by atoms with Crippen molar-refractivity contribution in [3.05, 3.63) is 34.3 Å².